The first-order valence-corrected chi connectivity index (χ1v) is 10.4. The number of benzene rings is 1. The average Bonchev–Trinajstić information content (AvgIpc) is 2.80. The van der Waals surface area contributed by atoms with Crippen LogP contribution in [0, 0.1) is 0 Å². The van der Waals surface area contributed by atoms with Gasteiger partial charge in [-0.15, -0.1) is 0 Å². The van der Waals surface area contributed by atoms with Crippen molar-refractivity contribution in [1.82, 2.24) is 20.3 Å². The number of hydrogen-bond donors (Lipinski definition) is 3. The molecule has 1 saturated carbocycles. The van der Waals surface area contributed by atoms with E-state index in [1.165, 1.54) is 5.56 Å². The van der Waals surface area contributed by atoms with Crippen LogP contribution in [0.25, 0.3) is 0 Å². The number of aromatic amines is 2. The zero-order valence-electron chi connectivity index (χ0n) is 17.3. The predicted molar refractivity (Wildman–Crippen MR) is 119 cm³/mol. The normalized spacial score (nSPS) is 18.4. The minimum atomic E-state index is -0.716. The topological polar surface area (TPSA) is 111 Å². The Morgan fingerprint density at radius 2 is 1.77 bits per heavy atom. The van der Waals surface area contributed by atoms with Crippen molar-refractivity contribution < 1.29 is 4.79 Å². The number of amides is 1. The van der Waals surface area contributed by atoms with Gasteiger partial charge in [-0.3, -0.25) is 19.6 Å². The molecule has 3 aromatic rings. The zero-order chi connectivity index (χ0) is 21.8. The molecule has 0 unspecified atom stereocenters. The number of pyridine rings is 1. The number of anilines is 2. The van der Waals surface area contributed by atoms with Crippen molar-refractivity contribution in [2.75, 3.05) is 11.9 Å². The maximum absolute atomic E-state index is 13.0. The van der Waals surface area contributed by atoms with Crippen LogP contribution in [0.2, 0.25) is 0 Å². The van der Waals surface area contributed by atoms with Crippen LogP contribution >= 0.6 is 0 Å². The summed E-state index contributed by atoms with van der Waals surface area (Å²) in [5.41, 5.74) is 0.622. The lowest BCUT2D eigenvalue weighted by Gasteiger charge is -2.29. The molecule has 3 N–H and O–H groups in total. The van der Waals surface area contributed by atoms with Crippen LogP contribution in [0.3, 0.4) is 0 Å². The van der Waals surface area contributed by atoms with E-state index in [-0.39, 0.29) is 17.4 Å². The summed E-state index contributed by atoms with van der Waals surface area (Å²) in [6.45, 7) is 0. The number of nitrogens with one attached hydrogen (secondary N) is 3. The highest BCUT2D eigenvalue weighted by atomic mass is 16.2. The quantitative estimate of drug-likeness (QED) is 0.589. The lowest BCUT2D eigenvalue weighted by atomic mass is 9.82. The molecule has 0 aliphatic heterocycles. The number of aromatic nitrogens is 3. The van der Waals surface area contributed by atoms with E-state index in [0.29, 0.717) is 11.6 Å². The molecule has 1 aliphatic rings. The van der Waals surface area contributed by atoms with Crippen LogP contribution in [-0.2, 0) is 0 Å². The zero-order valence-corrected chi connectivity index (χ0v) is 17.3. The molecule has 0 saturated heterocycles. The maximum atomic E-state index is 13.0. The Morgan fingerprint density at radius 1 is 1.03 bits per heavy atom. The van der Waals surface area contributed by atoms with Crippen LogP contribution in [-0.4, -0.2) is 33.9 Å². The van der Waals surface area contributed by atoms with E-state index in [0.717, 1.165) is 25.7 Å². The van der Waals surface area contributed by atoms with E-state index in [2.05, 4.69) is 32.4 Å². The third-order valence-corrected chi connectivity index (χ3v) is 5.85. The number of hydrogen-bond acceptors (Lipinski definition) is 5. The first kappa shape index (κ1) is 20.6. The molecule has 1 fully saturated rings. The van der Waals surface area contributed by atoms with Gasteiger partial charge in [-0.1, -0.05) is 30.3 Å². The van der Waals surface area contributed by atoms with Gasteiger partial charge in [-0.05, 0) is 49.3 Å². The fourth-order valence-electron chi connectivity index (χ4n) is 4.20. The highest BCUT2D eigenvalue weighted by molar-refractivity contribution is 5.98. The molecule has 0 radical (unpaired) electrons. The van der Waals surface area contributed by atoms with Crippen molar-refractivity contribution in [2.24, 2.45) is 0 Å². The fraction of sp³-hybridized carbons (Fsp3) is 0.304. The van der Waals surface area contributed by atoms with Crippen molar-refractivity contribution in [3.8, 4) is 0 Å². The lowest BCUT2D eigenvalue weighted by molar-refractivity contribution is 0.0920. The Morgan fingerprint density at radius 3 is 2.45 bits per heavy atom. The molecule has 160 valence electrons. The van der Waals surface area contributed by atoms with Gasteiger partial charge >= 0.3 is 5.69 Å². The van der Waals surface area contributed by atoms with E-state index in [1.807, 2.05) is 18.2 Å². The van der Waals surface area contributed by atoms with E-state index >= 15 is 0 Å². The van der Waals surface area contributed by atoms with Gasteiger partial charge in [-0.25, -0.2) is 4.79 Å². The molecule has 0 bridgehead atoms. The molecular formula is C23H25N5O3. The van der Waals surface area contributed by atoms with E-state index in [9.17, 15) is 14.4 Å². The number of nitrogens with zero attached hydrogens (tertiary/aromatic N) is 2. The second-order valence-corrected chi connectivity index (χ2v) is 7.83. The molecule has 0 spiro atoms. The Balaban J connectivity index is 1.51. The number of rotatable bonds is 5. The molecule has 2 aromatic heterocycles. The second kappa shape index (κ2) is 8.99. The Hall–Kier alpha value is -3.68. The molecule has 2 heterocycles. The van der Waals surface area contributed by atoms with Crippen molar-refractivity contribution in [3.05, 3.63) is 87.0 Å². The largest absolute Gasteiger partial charge is 0.348 e. The number of H-pyrrole nitrogens is 2. The van der Waals surface area contributed by atoms with E-state index in [4.69, 9.17) is 0 Å². The molecular weight excluding hydrogens is 394 g/mol. The van der Waals surface area contributed by atoms with Gasteiger partial charge < -0.3 is 15.2 Å². The Bertz CT molecular complexity index is 1150. The molecule has 1 aliphatic carbocycles. The molecule has 1 aromatic carbocycles. The van der Waals surface area contributed by atoms with Crippen molar-refractivity contribution in [1.29, 1.82) is 0 Å². The van der Waals surface area contributed by atoms with Gasteiger partial charge in [0.2, 0.25) is 0 Å². The predicted octanol–water partition coefficient (Wildman–Crippen LogP) is 2.68. The summed E-state index contributed by atoms with van der Waals surface area (Å²) in [6.07, 6.45) is 6.83. The summed E-state index contributed by atoms with van der Waals surface area (Å²) < 4.78 is 0. The number of carbonyl (C=O) groups is 1. The maximum Gasteiger partial charge on any atom is 0.326 e. The van der Waals surface area contributed by atoms with Gasteiger partial charge in [0.25, 0.3) is 11.5 Å². The molecule has 0 atom stereocenters. The molecule has 31 heavy (non-hydrogen) atoms. The van der Waals surface area contributed by atoms with Crippen LogP contribution in [0.15, 0.2) is 64.4 Å². The van der Waals surface area contributed by atoms with Crippen molar-refractivity contribution in [2.45, 2.75) is 37.6 Å². The Kier molecular flexibility index (Phi) is 5.97. The smallest absolute Gasteiger partial charge is 0.326 e. The highest BCUT2D eigenvalue weighted by Crippen LogP contribution is 2.33. The summed E-state index contributed by atoms with van der Waals surface area (Å²) in [6, 6.07) is 13.9. The standard InChI is InChI=1S/C23H25N5O3/c1-28(18-8-5-13-24-14-18)20-19(26-23(31)27-22(20)30)21(29)25-17-11-9-16(10-12-17)15-6-3-2-4-7-15/h2-8,13-14,16-17H,9-12H2,1H3,(H,25,29)(H2,26,27,30,31)/t16-,17+. The monoisotopic (exact) mass is 419 g/mol. The highest BCUT2D eigenvalue weighted by Gasteiger charge is 2.26. The van der Waals surface area contributed by atoms with Crippen LogP contribution in [0.4, 0.5) is 11.4 Å². The fourth-order valence-corrected chi connectivity index (χ4v) is 4.20. The van der Waals surface area contributed by atoms with Gasteiger partial charge in [-0.2, -0.15) is 0 Å². The van der Waals surface area contributed by atoms with Gasteiger partial charge in [0.1, 0.15) is 11.4 Å². The average molecular weight is 419 g/mol. The SMILES string of the molecule is CN(c1cccnc1)c1c(C(=O)N[C@H]2CC[C@@H](c3ccccc3)CC2)[nH]c(=O)[nH]c1=O. The molecule has 1 amide bonds. The minimum absolute atomic E-state index is 0.00759. The van der Waals surface area contributed by atoms with Crippen LogP contribution in [0.1, 0.15) is 47.7 Å². The van der Waals surface area contributed by atoms with Gasteiger partial charge in [0, 0.05) is 19.3 Å². The summed E-state index contributed by atoms with van der Waals surface area (Å²) in [5.74, 6) is 0.0260. The van der Waals surface area contributed by atoms with E-state index in [1.54, 1.807) is 36.5 Å². The van der Waals surface area contributed by atoms with Gasteiger partial charge in [0.15, 0.2) is 0 Å². The molecule has 8 heteroatoms. The molecule has 4 rings (SSSR count). The number of carbonyl (C=O) groups excluding carboxylic acids is 1. The van der Waals surface area contributed by atoms with Crippen molar-refractivity contribution in [3.63, 3.8) is 0 Å². The molecule has 8 nitrogen and oxygen atoms in total. The van der Waals surface area contributed by atoms with Crippen LogP contribution < -0.4 is 21.5 Å². The first-order chi connectivity index (χ1) is 15.0. The van der Waals surface area contributed by atoms with Crippen molar-refractivity contribution >= 4 is 17.3 Å². The first-order valence-electron chi connectivity index (χ1n) is 10.4. The summed E-state index contributed by atoms with van der Waals surface area (Å²) in [5, 5.41) is 3.00. The summed E-state index contributed by atoms with van der Waals surface area (Å²) >= 11 is 0. The third-order valence-electron chi connectivity index (χ3n) is 5.85. The second-order valence-electron chi connectivity index (χ2n) is 7.83. The third kappa shape index (κ3) is 4.58. The minimum Gasteiger partial charge on any atom is -0.348 e. The van der Waals surface area contributed by atoms with Gasteiger partial charge in [0.05, 0.1) is 11.9 Å². The summed E-state index contributed by atoms with van der Waals surface area (Å²) in [7, 11) is 1.65. The van der Waals surface area contributed by atoms with Crippen LogP contribution in [0.5, 0.6) is 0 Å². The lowest BCUT2D eigenvalue weighted by Crippen LogP contribution is -2.41. The summed E-state index contributed by atoms with van der Waals surface area (Å²) in [4.78, 5) is 47.8. The Labute approximate surface area is 179 Å². The van der Waals surface area contributed by atoms with E-state index < -0.39 is 17.2 Å².